The maximum absolute atomic E-state index is 10.1. The Morgan fingerprint density at radius 1 is 1.19 bits per heavy atom. The summed E-state index contributed by atoms with van der Waals surface area (Å²) in [5.41, 5.74) is 2.29. The third-order valence-corrected chi connectivity index (χ3v) is 4.21. The van der Waals surface area contributed by atoms with Gasteiger partial charge in [-0.2, -0.15) is 0 Å². The molecule has 1 N–H and O–H groups in total. The second-order valence-corrected chi connectivity index (χ2v) is 5.53. The van der Waals surface area contributed by atoms with Gasteiger partial charge in [0, 0.05) is 18.2 Å². The first kappa shape index (κ1) is 14.0. The molecule has 1 atom stereocenters. The minimum Gasteiger partial charge on any atom is -0.508 e. The number of rotatable bonds is 4. The van der Waals surface area contributed by atoms with E-state index in [4.69, 9.17) is 4.74 Å². The summed E-state index contributed by atoms with van der Waals surface area (Å²) >= 11 is 0. The van der Waals surface area contributed by atoms with E-state index in [1.54, 1.807) is 19.2 Å². The standard InChI is InChI=1S/C18H21NO2/c1-21-16-9-10-18(20)15(12-16)13-19-11-5-8-17(19)14-6-3-2-4-7-14/h2-4,6-7,9-10,12,17,20H,5,8,11,13H2,1H3. The van der Waals surface area contributed by atoms with Crippen molar-refractivity contribution in [2.75, 3.05) is 13.7 Å². The summed E-state index contributed by atoms with van der Waals surface area (Å²) in [6.07, 6.45) is 2.37. The van der Waals surface area contributed by atoms with Crippen molar-refractivity contribution in [1.29, 1.82) is 0 Å². The molecule has 21 heavy (non-hydrogen) atoms. The molecule has 0 saturated carbocycles. The maximum atomic E-state index is 10.1. The molecule has 1 aliphatic rings. The molecule has 2 aromatic carbocycles. The van der Waals surface area contributed by atoms with Gasteiger partial charge < -0.3 is 9.84 Å². The van der Waals surface area contributed by atoms with Gasteiger partial charge in [-0.05, 0) is 43.1 Å². The Morgan fingerprint density at radius 3 is 2.76 bits per heavy atom. The number of likely N-dealkylation sites (tertiary alicyclic amines) is 1. The summed E-state index contributed by atoms with van der Waals surface area (Å²) in [6.45, 7) is 1.82. The number of aromatic hydroxyl groups is 1. The molecule has 0 spiro atoms. The van der Waals surface area contributed by atoms with Crippen LogP contribution in [0, 0.1) is 0 Å². The highest BCUT2D eigenvalue weighted by molar-refractivity contribution is 5.39. The average molecular weight is 283 g/mol. The van der Waals surface area contributed by atoms with Gasteiger partial charge in [-0.1, -0.05) is 30.3 Å². The normalized spacial score (nSPS) is 18.8. The molecule has 0 amide bonds. The number of hydrogen-bond donors (Lipinski definition) is 1. The van der Waals surface area contributed by atoms with Crippen LogP contribution < -0.4 is 4.74 Å². The van der Waals surface area contributed by atoms with E-state index in [1.165, 1.54) is 18.4 Å². The quantitative estimate of drug-likeness (QED) is 0.928. The van der Waals surface area contributed by atoms with Crippen molar-refractivity contribution in [3.8, 4) is 11.5 Å². The number of hydrogen-bond acceptors (Lipinski definition) is 3. The first-order valence-corrected chi connectivity index (χ1v) is 7.43. The first-order valence-electron chi connectivity index (χ1n) is 7.43. The molecule has 3 heteroatoms. The minimum atomic E-state index is 0.342. The van der Waals surface area contributed by atoms with Crippen LogP contribution in [0.1, 0.15) is 30.0 Å². The van der Waals surface area contributed by atoms with Gasteiger partial charge in [-0.3, -0.25) is 4.90 Å². The smallest absolute Gasteiger partial charge is 0.120 e. The minimum absolute atomic E-state index is 0.342. The fourth-order valence-corrected chi connectivity index (χ4v) is 3.10. The summed E-state index contributed by atoms with van der Waals surface area (Å²) in [7, 11) is 1.65. The first-order chi connectivity index (χ1) is 10.3. The van der Waals surface area contributed by atoms with Crippen LogP contribution in [0.4, 0.5) is 0 Å². The predicted octanol–water partition coefficient (Wildman–Crippen LogP) is 3.74. The molecule has 3 nitrogen and oxygen atoms in total. The van der Waals surface area contributed by atoms with Gasteiger partial charge in [0.15, 0.2) is 0 Å². The number of ether oxygens (including phenoxy) is 1. The number of phenols is 1. The molecule has 1 heterocycles. The Kier molecular flexibility index (Phi) is 4.11. The number of phenolic OH excluding ortho intramolecular Hbond substituents is 1. The Hall–Kier alpha value is -2.00. The van der Waals surface area contributed by atoms with Crippen molar-refractivity contribution in [3.63, 3.8) is 0 Å². The van der Waals surface area contributed by atoms with Gasteiger partial charge in [-0.25, -0.2) is 0 Å². The molecule has 0 bridgehead atoms. The molecule has 3 rings (SSSR count). The molecule has 2 aromatic rings. The lowest BCUT2D eigenvalue weighted by Gasteiger charge is -2.25. The van der Waals surface area contributed by atoms with Crippen LogP contribution in [0.3, 0.4) is 0 Å². The zero-order valence-electron chi connectivity index (χ0n) is 12.3. The lowest BCUT2D eigenvalue weighted by Crippen LogP contribution is -2.22. The van der Waals surface area contributed by atoms with Crippen LogP contribution in [0.25, 0.3) is 0 Å². The molecule has 110 valence electrons. The van der Waals surface area contributed by atoms with Gasteiger partial charge in [0.2, 0.25) is 0 Å². The average Bonchev–Trinajstić information content (AvgIpc) is 2.98. The molecule has 1 unspecified atom stereocenters. The highest BCUT2D eigenvalue weighted by Gasteiger charge is 2.26. The fraction of sp³-hybridized carbons (Fsp3) is 0.333. The Labute approximate surface area is 125 Å². The highest BCUT2D eigenvalue weighted by Crippen LogP contribution is 2.35. The van der Waals surface area contributed by atoms with Gasteiger partial charge >= 0.3 is 0 Å². The second-order valence-electron chi connectivity index (χ2n) is 5.53. The molecular weight excluding hydrogens is 262 g/mol. The summed E-state index contributed by atoms with van der Waals surface area (Å²) in [5, 5.41) is 10.1. The van der Waals surface area contributed by atoms with E-state index in [2.05, 4.69) is 35.2 Å². The molecule has 0 aliphatic carbocycles. The molecule has 0 radical (unpaired) electrons. The largest absolute Gasteiger partial charge is 0.508 e. The van der Waals surface area contributed by atoms with E-state index >= 15 is 0 Å². The summed E-state index contributed by atoms with van der Waals surface area (Å²) < 4.78 is 5.26. The third-order valence-electron chi connectivity index (χ3n) is 4.21. The Balaban J connectivity index is 1.81. The van der Waals surface area contributed by atoms with Crippen LogP contribution in [-0.2, 0) is 6.54 Å². The van der Waals surface area contributed by atoms with Gasteiger partial charge in [0.05, 0.1) is 7.11 Å². The second kappa shape index (κ2) is 6.19. The topological polar surface area (TPSA) is 32.7 Å². The molecule has 1 aliphatic heterocycles. The van der Waals surface area contributed by atoms with Crippen molar-refractivity contribution in [2.24, 2.45) is 0 Å². The monoisotopic (exact) mass is 283 g/mol. The van der Waals surface area contributed by atoms with Crippen molar-refractivity contribution in [1.82, 2.24) is 4.90 Å². The molecule has 1 fully saturated rings. The van der Waals surface area contributed by atoms with Crippen molar-refractivity contribution >= 4 is 0 Å². The van der Waals surface area contributed by atoms with Crippen LogP contribution >= 0.6 is 0 Å². The zero-order chi connectivity index (χ0) is 14.7. The summed E-state index contributed by atoms with van der Waals surface area (Å²) in [4.78, 5) is 2.43. The Morgan fingerprint density at radius 2 is 2.00 bits per heavy atom. The van der Waals surface area contributed by atoms with Gasteiger partial charge in [-0.15, -0.1) is 0 Å². The third kappa shape index (κ3) is 3.03. The van der Waals surface area contributed by atoms with Crippen molar-refractivity contribution < 1.29 is 9.84 Å². The van der Waals surface area contributed by atoms with E-state index in [0.717, 1.165) is 24.4 Å². The molecule has 0 aromatic heterocycles. The molecule has 1 saturated heterocycles. The van der Waals surface area contributed by atoms with Crippen molar-refractivity contribution in [2.45, 2.75) is 25.4 Å². The van der Waals surface area contributed by atoms with Crippen molar-refractivity contribution in [3.05, 3.63) is 59.7 Å². The summed E-state index contributed by atoms with van der Waals surface area (Å²) in [6, 6.07) is 16.5. The Bertz CT molecular complexity index is 597. The van der Waals surface area contributed by atoms with Gasteiger partial charge in [0.1, 0.15) is 11.5 Å². The fourth-order valence-electron chi connectivity index (χ4n) is 3.10. The maximum Gasteiger partial charge on any atom is 0.120 e. The number of benzene rings is 2. The van der Waals surface area contributed by atoms with Crippen LogP contribution in [0.5, 0.6) is 11.5 Å². The van der Waals surface area contributed by atoms with Crippen LogP contribution in [0.2, 0.25) is 0 Å². The van der Waals surface area contributed by atoms with E-state index in [0.29, 0.717) is 11.8 Å². The lowest BCUT2D eigenvalue weighted by atomic mass is 10.0. The van der Waals surface area contributed by atoms with E-state index in [1.807, 2.05) is 6.07 Å². The van der Waals surface area contributed by atoms with E-state index < -0.39 is 0 Å². The van der Waals surface area contributed by atoms with E-state index in [9.17, 15) is 5.11 Å². The number of nitrogens with zero attached hydrogens (tertiary/aromatic N) is 1. The summed E-state index contributed by atoms with van der Waals surface area (Å²) in [5.74, 6) is 1.13. The van der Waals surface area contributed by atoms with Crippen LogP contribution in [0.15, 0.2) is 48.5 Å². The zero-order valence-corrected chi connectivity index (χ0v) is 12.3. The number of methoxy groups -OCH3 is 1. The SMILES string of the molecule is COc1ccc(O)c(CN2CCCC2c2ccccc2)c1. The van der Waals surface area contributed by atoms with Gasteiger partial charge in [0.25, 0.3) is 0 Å². The highest BCUT2D eigenvalue weighted by atomic mass is 16.5. The predicted molar refractivity (Wildman–Crippen MR) is 83.5 cm³/mol. The lowest BCUT2D eigenvalue weighted by molar-refractivity contribution is 0.245. The molecular formula is C18H21NO2. The van der Waals surface area contributed by atoms with E-state index in [-0.39, 0.29) is 0 Å². The van der Waals surface area contributed by atoms with Crippen LogP contribution in [-0.4, -0.2) is 23.7 Å².